The summed E-state index contributed by atoms with van der Waals surface area (Å²) in [5.41, 5.74) is 8.81. The molecule has 2 nitrogen and oxygen atoms in total. The molecular weight excluding hydrogens is 222 g/mol. The number of benzene rings is 2. The number of fused-ring (bicyclic) bond motifs is 1. The van der Waals surface area contributed by atoms with Crippen molar-refractivity contribution < 1.29 is 4.74 Å². The Morgan fingerprint density at radius 3 is 2.56 bits per heavy atom. The Morgan fingerprint density at radius 1 is 1.00 bits per heavy atom. The minimum Gasteiger partial charge on any atom is -0.493 e. The highest BCUT2D eigenvalue weighted by atomic mass is 16.5. The van der Waals surface area contributed by atoms with Crippen molar-refractivity contribution in [3.63, 3.8) is 0 Å². The summed E-state index contributed by atoms with van der Waals surface area (Å²) < 4.78 is 5.80. The Hall–Kier alpha value is -1.80. The second-order valence-corrected chi connectivity index (χ2v) is 4.82. The molecular formula is C16H17NO. The summed E-state index contributed by atoms with van der Waals surface area (Å²) in [6, 6.07) is 18.6. The maximum atomic E-state index is 6.36. The van der Waals surface area contributed by atoms with Gasteiger partial charge in [-0.05, 0) is 18.1 Å². The smallest absolute Gasteiger partial charge is 0.124 e. The lowest BCUT2D eigenvalue weighted by Gasteiger charge is -2.31. The van der Waals surface area contributed by atoms with E-state index in [4.69, 9.17) is 10.5 Å². The van der Waals surface area contributed by atoms with Gasteiger partial charge in [0.2, 0.25) is 0 Å². The van der Waals surface area contributed by atoms with Crippen LogP contribution in [0.2, 0.25) is 0 Å². The normalized spacial score (nSPS) is 22.1. The molecule has 2 unspecified atom stereocenters. The molecule has 2 N–H and O–H groups in total. The van der Waals surface area contributed by atoms with Crippen LogP contribution in [0.1, 0.15) is 17.2 Å². The van der Waals surface area contributed by atoms with Crippen LogP contribution in [-0.2, 0) is 6.42 Å². The van der Waals surface area contributed by atoms with Crippen LogP contribution < -0.4 is 10.5 Å². The molecule has 0 fully saturated rings. The molecule has 0 amide bonds. The van der Waals surface area contributed by atoms with Crippen molar-refractivity contribution in [3.8, 4) is 5.75 Å². The van der Waals surface area contributed by atoms with Gasteiger partial charge in [-0.15, -0.1) is 0 Å². The Bertz CT molecular complexity index is 524. The second kappa shape index (κ2) is 4.83. The van der Waals surface area contributed by atoms with E-state index < -0.39 is 0 Å². The van der Waals surface area contributed by atoms with Crippen molar-refractivity contribution in [1.82, 2.24) is 0 Å². The van der Waals surface area contributed by atoms with Gasteiger partial charge in [0.25, 0.3) is 0 Å². The molecule has 0 saturated carbocycles. The molecule has 92 valence electrons. The van der Waals surface area contributed by atoms with E-state index in [2.05, 4.69) is 30.3 Å². The first kappa shape index (κ1) is 11.3. The van der Waals surface area contributed by atoms with Gasteiger partial charge in [-0.1, -0.05) is 48.5 Å². The zero-order valence-electron chi connectivity index (χ0n) is 10.3. The molecule has 2 aromatic carbocycles. The molecule has 3 rings (SSSR count). The van der Waals surface area contributed by atoms with Gasteiger partial charge < -0.3 is 10.5 Å². The van der Waals surface area contributed by atoms with Crippen LogP contribution >= 0.6 is 0 Å². The first-order valence-corrected chi connectivity index (χ1v) is 6.36. The van der Waals surface area contributed by atoms with Gasteiger partial charge in [-0.25, -0.2) is 0 Å². The van der Waals surface area contributed by atoms with Gasteiger partial charge in [0.1, 0.15) is 5.75 Å². The zero-order valence-corrected chi connectivity index (χ0v) is 10.3. The van der Waals surface area contributed by atoms with Crippen LogP contribution in [-0.4, -0.2) is 6.61 Å². The Labute approximate surface area is 107 Å². The van der Waals surface area contributed by atoms with E-state index in [1.807, 2.05) is 24.3 Å². The molecule has 0 aliphatic carbocycles. The van der Waals surface area contributed by atoms with E-state index in [-0.39, 0.29) is 6.04 Å². The highest BCUT2D eigenvalue weighted by Crippen LogP contribution is 2.34. The number of hydrogen-bond donors (Lipinski definition) is 1. The molecule has 0 aromatic heterocycles. The summed E-state index contributed by atoms with van der Waals surface area (Å²) in [5.74, 6) is 1.29. The fourth-order valence-electron chi connectivity index (χ4n) is 2.54. The Morgan fingerprint density at radius 2 is 1.72 bits per heavy atom. The maximum Gasteiger partial charge on any atom is 0.124 e. The molecule has 1 aliphatic heterocycles. The molecule has 0 bridgehead atoms. The van der Waals surface area contributed by atoms with E-state index in [9.17, 15) is 0 Å². The van der Waals surface area contributed by atoms with E-state index in [1.165, 1.54) is 5.56 Å². The maximum absolute atomic E-state index is 6.36. The number of hydrogen-bond acceptors (Lipinski definition) is 2. The molecule has 2 aromatic rings. The van der Waals surface area contributed by atoms with Crippen LogP contribution in [0, 0.1) is 5.92 Å². The summed E-state index contributed by atoms with van der Waals surface area (Å²) in [6.45, 7) is 0.701. The van der Waals surface area contributed by atoms with E-state index >= 15 is 0 Å². The van der Waals surface area contributed by atoms with Gasteiger partial charge in [0.05, 0.1) is 6.61 Å². The van der Waals surface area contributed by atoms with Gasteiger partial charge >= 0.3 is 0 Å². The summed E-state index contributed by atoms with van der Waals surface area (Å²) in [6.07, 6.45) is 0.969. The minimum atomic E-state index is 0.0650. The second-order valence-electron chi connectivity index (χ2n) is 4.82. The Balaban J connectivity index is 1.81. The zero-order chi connectivity index (χ0) is 12.4. The number of rotatable bonds is 2. The van der Waals surface area contributed by atoms with Crippen molar-refractivity contribution in [2.24, 2.45) is 11.7 Å². The topological polar surface area (TPSA) is 35.2 Å². The average Bonchev–Trinajstić information content (AvgIpc) is 2.43. The van der Waals surface area contributed by atoms with Crippen LogP contribution in [0.15, 0.2) is 54.6 Å². The predicted octanol–water partition coefficient (Wildman–Crippen LogP) is 2.94. The summed E-state index contributed by atoms with van der Waals surface area (Å²) >= 11 is 0. The monoisotopic (exact) mass is 239 g/mol. The summed E-state index contributed by atoms with van der Waals surface area (Å²) in [4.78, 5) is 0. The Kier molecular flexibility index (Phi) is 3.03. The molecule has 0 saturated heterocycles. The van der Waals surface area contributed by atoms with Crippen LogP contribution in [0.25, 0.3) is 0 Å². The van der Waals surface area contributed by atoms with E-state index in [0.717, 1.165) is 17.7 Å². The molecule has 1 heterocycles. The van der Waals surface area contributed by atoms with Crippen molar-refractivity contribution >= 4 is 0 Å². The third-order valence-electron chi connectivity index (χ3n) is 3.58. The standard InChI is InChI=1S/C16H17NO/c17-16-13(10-12-6-2-1-3-7-12)11-18-15-9-5-4-8-14(15)16/h1-9,13,16H,10-11,17H2. The van der Waals surface area contributed by atoms with Crippen molar-refractivity contribution in [3.05, 3.63) is 65.7 Å². The van der Waals surface area contributed by atoms with Gasteiger partial charge in [-0.2, -0.15) is 0 Å². The van der Waals surface area contributed by atoms with Crippen LogP contribution in [0.5, 0.6) is 5.75 Å². The molecule has 0 radical (unpaired) electrons. The minimum absolute atomic E-state index is 0.0650. The lowest BCUT2D eigenvalue weighted by Crippen LogP contribution is -2.32. The third-order valence-corrected chi connectivity index (χ3v) is 3.58. The number of ether oxygens (including phenoxy) is 1. The first-order valence-electron chi connectivity index (χ1n) is 6.36. The van der Waals surface area contributed by atoms with Gasteiger partial charge in [0, 0.05) is 17.5 Å². The van der Waals surface area contributed by atoms with E-state index in [0.29, 0.717) is 12.5 Å². The lowest BCUT2D eigenvalue weighted by molar-refractivity contribution is 0.194. The summed E-state index contributed by atoms with van der Waals surface area (Å²) in [7, 11) is 0. The quantitative estimate of drug-likeness (QED) is 0.874. The number of nitrogens with two attached hydrogens (primary N) is 1. The molecule has 2 heteroatoms. The highest BCUT2D eigenvalue weighted by Gasteiger charge is 2.27. The molecule has 2 atom stereocenters. The fourth-order valence-corrected chi connectivity index (χ4v) is 2.54. The van der Waals surface area contributed by atoms with Crippen molar-refractivity contribution in [1.29, 1.82) is 0 Å². The SMILES string of the molecule is NC1c2ccccc2OCC1Cc1ccccc1. The average molecular weight is 239 g/mol. The fraction of sp³-hybridized carbons (Fsp3) is 0.250. The predicted molar refractivity (Wildman–Crippen MR) is 72.5 cm³/mol. The van der Waals surface area contributed by atoms with E-state index in [1.54, 1.807) is 0 Å². The van der Waals surface area contributed by atoms with Crippen LogP contribution in [0.3, 0.4) is 0 Å². The van der Waals surface area contributed by atoms with Gasteiger partial charge in [0.15, 0.2) is 0 Å². The summed E-state index contributed by atoms with van der Waals surface area (Å²) in [5, 5.41) is 0. The van der Waals surface area contributed by atoms with Crippen molar-refractivity contribution in [2.45, 2.75) is 12.5 Å². The first-order chi connectivity index (χ1) is 8.84. The third kappa shape index (κ3) is 2.12. The largest absolute Gasteiger partial charge is 0.493 e. The van der Waals surface area contributed by atoms with Crippen molar-refractivity contribution in [2.75, 3.05) is 6.61 Å². The van der Waals surface area contributed by atoms with Gasteiger partial charge in [-0.3, -0.25) is 0 Å². The van der Waals surface area contributed by atoms with Crippen LogP contribution in [0.4, 0.5) is 0 Å². The highest BCUT2D eigenvalue weighted by molar-refractivity contribution is 5.38. The lowest BCUT2D eigenvalue weighted by atomic mass is 9.87. The molecule has 18 heavy (non-hydrogen) atoms. The number of para-hydroxylation sites is 1. The molecule has 1 aliphatic rings. The molecule has 0 spiro atoms.